The quantitative estimate of drug-likeness (QED) is 0.680. The third-order valence-corrected chi connectivity index (χ3v) is 3.99. The molecule has 1 heterocycles. The summed E-state index contributed by atoms with van der Waals surface area (Å²) in [5.41, 5.74) is 0.212. The Balaban J connectivity index is 2.29. The van der Waals surface area contributed by atoms with Crippen molar-refractivity contribution in [1.82, 2.24) is 0 Å². The van der Waals surface area contributed by atoms with Crippen LogP contribution in [0.3, 0.4) is 0 Å². The Morgan fingerprint density at radius 1 is 1.58 bits per heavy atom. The van der Waals surface area contributed by atoms with Gasteiger partial charge in [0.2, 0.25) is 0 Å². The first-order valence-electron chi connectivity index (χ1n) is 6.02. The molecule has 1 saturated heterocycles. The average Bonchev–Trinajstić information content (AvgIpc) is 2.81. The van der Waals surface area contributed by atoms with Crippen molar-refractivity contribution >= 4 is 27.3 Å². The topological polar surface area (TPSA) is 66.6 Å². The number of hydrogen-bond donors (Lipinski definition) is 1. The van der Waals surface area contributed by atoms with E-state index in [9.17, 15) is 14.5 Å². The molecular weight excluding hydrogens is 319 g/mol. The predicted molar refractivity (Wildman–Crippen MR) is 72.8 cm³/mol. The van der Waals surface area contributed by atoms with E-state index in [1.807, 2.05) is 4.90 Å². The van der Waals surface area contributed by atoms with Crippen LogP contribution in [0.5, 0.6) is 0 Å². The van der Waals surface area contributed by atoms with Crippen molar-refractivity contribution < 1.29 is 14.4 Å². The van der Waals surface area contributed by atoms with Crippen molar-refractivity contribution in [1.29, 1.82) is 0 Å². The van der Waals surface area contributed by atoms with Gasteiger partial charge in [0, 0.05) is 31.8 Å². The molecule has 1 fully saturated rings. The van der Waals surface area contributed by atoms with Gasteiger partial charge in [0.25, 0.3) is 5.69 Å². The number of aliphatic hydroxyl groups excluding tert-OH is 1. The molecule has 1 N–H and O–H groups in total. The fourth-order valence-electron chi connectivity index (χ4n) is 2.40. The molecule has 19 heavy (non-hydrogen) atoms. The SMILES string of the molecule is O=[N+]([O-])c1cc(Br)c(F)cc1N1CCC(CCO)C1. The summed E-state index contributed by atoms with van der Waals surface area (Å²) >= 11 is 2.96. The van der Waals surface area contributed by atoms with E-state index in [4.69, 9.17) is 5.11 Å². The zero-order valence-corrected chi connectivity index (χ0v) is 11.8. The first kappa shape index (κ1) is 14.2. The van der Waals surface area contributed by atoms with Crippen LogP contribution < -0.4 is 4.90 Å². The Morgan fingerprint density at radius 3 is 2.95 bits per heavy atom. The van der Waals surface area contributed by atoms with Crippen molar-refractivity contribution in [2.24, 2.45) is 5.92 Å². The Kier molecular flexibility index (Phi) is 4.36. The van der Waals surface area contributed by atoms with E-state index < -0.39 is 10.7 Å². The first-order valence-corrected chi connectivity index (χ1v) is 6.81. The van der Waals surface area contributed by atoms with Crippen LogP contribution >= 0.6 is 15.9 Å². The predicted octanol–water partition coefficient (Wildman–Crippen LogP) is 2.71. The van der Waals surface area contributed by atoms with Crippen LogP contribution in [0.1, 0.15) is 12.8 Å². The molecule has 0 amide bonds. The minimum Gasteiger partial charge on any atom is -0.396 e. The second kappa shape index (κ2) is 5.83. The second-order valence-electron chi connectivity index (χ2n) is 4.63. The highest BCUT2D eigenvalue weighted by molar-refractivity contribution is 9.10. The number of anilines is 1. The highest BCUT2D eigenvalue weighted by Crippen LogP contribution is 2.36. The van der Waals surface area contributed by atoms with Crippen LogP contribution in [-0.4, -0.2) is 29.7 Å². The zero-order chi connectivity index (χ0) is 14.0. The van der Waals surface area contributed by atoms with Crippen LogP contribution in [0.2, 0.25) is 0 Å². The molecule has 0 aromatic heterocycles. The Hall–Kier alpha value is -1.21. The van der Waals surface area contributed by atoms with Crippen molar-refractivity contribution in [2.75, 3.05) is 24.6 Å². The van der Waals surface area contributed by atoms with Gasteiger partial charge in [-0.1, -0.05) is 0 Å². The summed E-state index contributed by atoms with van der Waals surface area (Å²) < 4.78 is 13.7. The second-order valence-corrected chi connectivity index (χ2v) is 5.48. The molecule has 0 bridgehead atoms. The molecule has 1 aromatic carbocycles. The highest BCUT2D eigenvalue weighted by Gasteiger charge is 2.28. The monoisotopic (exact) mass is 332 g/mol. The van der Waals surface area contributed by atoms with Gasteiger partial charge in [-0.25, -0.2) is 4.39 Å². The number of halogens is 2. The molecule has 1 aromatic rings. The number of benzene rings is 1. The molecule has 7 heteroatoms. The summed E-state index contributed by atoms with van der Waals surface area (Å²) in [5.74, 6) is -0.206. The van der Waals surface area contributed by atoms with Gasteiger partial charge in [-0.3, -0.25) is 10.1 Å². The molecule has 0 saturated carbocycles. The third kappa shape index (κ3) is 3.03. The van der Waals surface area contributed by atoms with Crippen LogP contribution in [0.15, 0.2) is 16.6 Å². The minimum atomic E-state index is -0.508. The van der Waals surface area contributed by atoms with Gasteiger partial charge in [-0.2, -0.15) is 0 Å². The summed E-state index contributed by atoms with van der Waals surface area (Å²) in [5, 5.41) is 20.0. The molecule has 0 aliphatic carbocycles. The number of rotatable bonds is 4. The number of hydrogen-bond acceptors (Lipinski definition) is 4. The van der Waals surface area contributed by atoms with Crippen LogP contribution in [0.25, 0.3) is 0 Å². The van der Waals surface area contributed by atoms with Gasteiger partial charge >= 0.3 is 0 Å². The Bertz CT molecular complexity index is 498. The molecule has 2 rings (SSSR count). The summed E-state index contributed by atoms with van der Waals surface area (Å²) in [4.78, 5) is 12.4. The van der Waals surface area contributed by atoms with Crippen LogP contribution in [-0.2, 0) is 0 Å². The summed E-state index contributed by atoms with van der Waals surface area (Å²) in [6.07, 6.45) is 1.53. The molecule has 1 atom stereocenters. The van der Waals surface area contributed by atoms with E-state index in [0.29, 0.717) is 31.1 Å². The van der Waals surface area contributed by atoms with Gasteiger partial charge in [-0.15, -0.1) is 0 Å². The number of aliphatic hydroxyl groups is 1. The largest absolute Gasteiger partial charge is 0.396 e. The van der Waals surface area contributed by atoms with Gasteiger partial charge in [-0.05, 0) is 34.7 Å². The molecule has 1 aliphatic rings. The zero-order valence-electron chi connectivity index (χ0n) is 10.2. The normalized spacial score (nSPS) is 18.9. The van der Waals surface area contributed by atoms with Gasteiger partial charge < -0.3 is 10.0 Å². The summed E-state index contributed by atoms with van der Waals surface area (Å²) in [6.45, 7) is 1.37. The van der Waals surface area contributed by atoms with Gasteiger partial charge in [0.1, 0.15) is 11.5 Å². The van der Waals surface area contributed by atoms with Gasteiger partial charge in [0.15, 0.2) is 0 Å². The standard InChI is InChI=1S/C12H14BrFN2O3/c13-9-5-12(16(18)19)11(6-10(9)14)15-3-1-8(7-15)2-4-17/h5-6,8,17H,1-4,7H2. The lowest BCUT2D eigenvalue weighted by molar-refractivity contribution is -0.384. The molecular formula is C12H14BrFN2O3. The Labute approximate surface area is 118 Å². The molecule has 1 aliphatic heterocycles. The number of nitro groups is 1. The average molecular weight is 333 g/mol. The maximum Gasteiger partial charge on any atom is 0.293 e. The maximum atomic E-state index is 13.6. The lowest BCUT2D eigenvalue weighted by atomic mass is 10.1. The van der Waals surface area contributed by atoms with E-state index in [2.05, 4.69) is 15.9 Å². The van der Waals surface area contributed by atoms with Gasteiger partial charge in [0.05, 0.1) is 9.40 Å². The van der Waals surface area contributed by atoms with E-state index in [0.717, 1.165) is 6.42 Å². The van der Waals surface area contributed by atoms with E-state index in [1.165, 1.54) is 12.1 Å². The van der Waals surface area contributed by atoms with Crippen molar-refractivity contribution in [2.45, 2.75) is 12.8 Å². The summed E-state index contributed by atoms with van der Waals surface area (Å²) in [6, 6.07) is 2.40. The van der Waals surface area contributed by atoms with Crippen molar-refractivity contribution in [3.05, 3.63) is 32.5 Å². The minimum absolute atomic E-state index is 0.0917. The molecule has 1 unspecified atom stereocenters. The summed E-state index contributed by atoms with van der Waals surface area (Å²) in [7, 11) is 0. The van der Waals surface area contributed by atoms with E-state index in [1.54, 1.807) is 0 Å². The van der Waals surface area contributed by atoms with Crippen molar-refractivity contribution in [3.63, 3.8) is 0 Å². The first-order chi connectivity index (χ1) is 9.02. The molecule has 0 radical (unpaired) electrons. The van der Waals surface area contributed by atoms with Crippen molar-refractivity contribution in [3.8, 4) is 0 Å². The lowest BCUT2D eigenvalue weighted by Crippen LogP contribution is -2.21. The fourth-order valence-corrected chi connectivity index (χ4v) is 2.73. The van der Waals surface area contributed by atoms with E-state index >= 15 is 0 Å². The lowest BCUT2D eigenvalue weighted by Gasteiger charge is -2.19. The Morgan fingerprint density at radius 2 is 2.32 bits per heavy atom. The molecule has 104 valence electrons. The third-order valence-electron chi connectivity index (χ3n) is 3.38. The fraction of sp³-hybridized carbons (Fsp3) is 0.500. The van der Waals surface area contributed by atoms with Crippen LogP contribution in [0.4, 0.5) is 15.8 Å². The van der Waals surface area contributed by atoms with E-state index in [-0.39, 0.29) is 16.8 Å². The smallest absolute Gasteiger partial charge is 0.293 e. The van der Waals surface area contributed by atoms with Crippen LogP contribution in [0, 0.1) is 21.8 Å². The molecule has 0 spiro atoms. The number of nitrogens with zero attached hydrogens (tertiary/aromatic N) is 2. The maximum absolute atomic E-state index is 13.6. The highest BCUT2D eigenvalue weighted by atomic mass is 79.9. The molecule has 5 nitrogen and oxygen atoms in total. The number of nitro benzene ring substituents is 1.